The van der Waals surface area contributed by atoms with Gasteiger partial charge in [-0.05, 0) is 45.8 Å². The molecule has 0 aliphatic heterocycles. The number of alkyl halides is 3. The van der Waals surface area contributed by atoms with Crippen molar-refractivity contribution in [1.82, 2.24) is 4.90 Å². The maximum absolute atomic E-state index is 12.5. The summed E-state index contributed by atoms with van der Waals surface area (Å²) in [5, 5.41) is 2.68. The van der Waals surface area contributed by atoms with Crippen molar-refractivity contribution in [3.05, 3.63) is 64.1 Å². The van der Waals surface area contributed by atoms with Crippen molar-refractivity contribution in [2.24, 2.45) is 0 Å². The fourth-order valence-corrected chi connectivity index (χ4v) is 2.56. The lowest BCUT2D eigenvalue weighted by molar-refractivity contribution is -0.137. The number of halogens is 4. The van der Waals surface area contributed by atoms with Crippen LogP contribution < -0.4 is 5.32 Å². The molecule has 2 rings (SSSR count). The van der Waals surface area contributed by atoms with E-state index < -0.39 is 11.7 Å². The van der Waals surface area contributed by atoms with E-state index in [9.17, 15) is 22.8 Å². The van der Waals surface area contributed by atoms with Crippen molar-refractivity contribution in [2.45, 2.75) is 12.6 Å². The molecular weight excluding hydrogens is 413 g/mol. The van der Waals surface area contributed by atoms with E-state index in [1.807, 2.05) is 0 Å². The fourth-order valence-electron chi connectivity index (χ4n) is 2.18. The predicted octanol–water partition coefficient (Wildman–Crippen LogP) is 4.11. The molecule has 0 heterocycles. The summed E-state index contributed by atoms with van der Waals surface area (Å²) in [6, 6.07) is 11.4. The van der Waals surface area contributed by atoms with Crippen LogP contribution in [-0.4, -0.2) is 30.3 Å². The minimum atomic E-state index is -4.41. The largest absolute Gasteiger partial charge is 0.416 e. The zero-order chi connectivity index (χ0) is 19.3. The maximum atomic E-state index is 12.5. The number of hydrogen-bond donors (Lipinski definition) is 1. The number of anilines is 1. The molecule has 0 atom stereocenters. The lowest BCUT2D eigenvalue weighted by Crippen LogP contribution is -2.35. The van der Waals surface area contributed by atoms with Crippen LogP contribution in [0.4, 0.5) is 18.9 Å². The SMILES string of the molecule is CN(CC(=O)Nc1ccccc1Br)C(=O)Cc1ccc(C(F)(F)F)cc1. The summed E-state index contributed by atoms with van der Waals surface area (Å²) < 4.78 is 38.3. The van der Waals surface area contributed by atoms with Crippen LogP contribution in [0.5, 0.6) is 0 Å². The van der Waals surface area contributed by atoms with Gasteiger partial charge in [0.25, 0.3) is 0 Å². The van der Waals surface area contributed by atoms with Gasteiger partial charge in [-0.3, -0.25) is 9.59 Å². The Morgan fingerprint density at radius 1 is 1.08 bits per heavy atom. The van der Waals surface area contributed by atoms with Crippen LogP contribution in [0.2, 0.25) is 0 Å². The number of para-hydroxylation sites is 1. The summed E-state index contributed by atoms with van der Waals surface area (Å²) in [6.45, 7) is -0.166. The van der Waals surface area contributed by atoms with Crippen molar-refractivity contribution in [3.63, 3.8) is 0 Å². The molecule has 1 N–H and O–H groups in total. The number of amides is 2. The highest BCUT2D eigenvalue weighted by molar-refractivity contribution is 9.10. The molecule has 0 fully saturated rings. The first-order valence-electron chi connectivity index (χ1n) is 7.61. The van der Waals surface area contributed by atoms with E-state index in [1.165, 1.54) is 24.1 Å². The van der Waals surface area contributed by atoms with Crippen LogP contribution in [-0.2, 0) is 22.2 Å². The average molecular weight is 429 g/mol. The monoisotopic (exact) mass is 428 g/mol. The van der Waals surface area contributed by atoms with Gasteiger partial charge in [-0.25, -0.2) is 0 Å². The zero-order valence-electron chi connectivity index (χ0n) is 13.8. The number of nitrogens with zero attached hydrogens (tertiary/aromatic N) is 1. The fraction of sp³-hybridized carbons (Fsp3) is 0.222. The van der Waals surface area contributed by atoms with Crippen LogP contribution >= 0.6 is 15.9 Å². The first-order valence-corrected chi connectivity index (χ1v) is 8.40. The maximum Gasteiger partial charge on any atom is 0.416 e. The first-order chi connectivity index (χ1) is 12.2. The molecule has 26 heavy (non-hydrogen) atoms. The Morgan fingerprint density at radius 3 is 2.27 bits per heavy atom. The van der Waals surface area contributed by atoms with Crippen LogP contribution in [0, 0.1) is 0 Å². The van der Waals surface area contributed by atoms with Crippen LogP contribution in [0.25, 0.3) is 0 Å². The second kappa shape index (κ2) is 8.35. The number of carbonyl (C=O) groups is 2. The molecule has 0 unspecified atom stereocenters. The molecule has 0 aliphatic rings. The highest BCUT2D eigenvalue weighted by Crippen LogP contribution is 2.29. The molecule has 0 saturated heterocycles. The number of benzene rings is 2. The molecule has 2 aromatic carbocycles. The minimum Gasteiger partial charge on any atom is -0.336 e. The summed E-state index contributed by atoms with van der Waals surface area (Å²) in [4.78, 5) is 25.4. The van der Waals surface area contributed by atoms with E-state index in [4.69, 9.17) is 0 Å². The van der Waals surface area contributed by atoms with Crippen molar-refractivity contribution in [3.8, 4) is 0 Å². The van der Waals surface area contributed by atoms with E-state index in [-0.39, 0.29) is 24.8 Å². The van der Waals surface area contributed by atoms with Gasteiger partial charge in [-0.2, -0.15) is 13.2 Å². The van der Waals surface area contributed by atoms with Crippen molar-refractivity contribution < 1.29 is 22.8 Å². The van der Waals surface area contributed by atoms with E-state index in [1.54, 1.807) is 24.3 Å². The molecule has 2 aromatic rings. The molecule has 138 valence electrons. The molecule has 0 aromatic heterocycles. The van der Waals surface area contributed by atoms with E-state index in [0.717, 1.165) is 12.1 Å². The zero-order valence-corrected chi connectivity index (χ0v) is 15.4. The third-order valence-corrected chi connectivity index (χ3v) is 4.28. The molecule has 4 nitrogen and oxygen atoms in total. The standard InChI is InChI=1S/C18H16BrF3N2O2/c1-24(11-16(25)23-15-5-3-2-4-14(15)19)17(26)10-12-6-8-13(9-7-12)18(20,21)22/h2-9H,10-11H2,1H3,(H,23,25). The molecule has 0 aliphatic carbocycles. The van der Waals surface area contributed by atoms with Crippen LogP contribution in [0.15, 0.2) is 53.0 Å². The number of rotatable bonds is 5. The van der Waals surface area contributed by atoms with Gasteiger partial charge < -0.3 is 10.2 Å². The molecule has 0 bridgehead atoms. The van der Waals surface area contributed by atoms with Gasteiger partial charge in [0.05, 0.1) is 24.2 Å². The quantitative estimate of drug-likeness (QED) is 0.778. The number of nitrogens with one attached hydrogen (secondary N) is 1. The van der Waals surface area contributed by atoms with Gasteiger partial charge in [-0.15, -0.1) is 0 Å². The molecule has 0 spiro atoms. The Balaban J connectivity index is 1.91. The third-order valence-electron chi connectivity index (χ3n) is 3.59. The predicted molar refractivity (Wildman–Crippen MR) is 95.6 cm³/mol. The summed E-state index contributed by atoms with van der Waals surface area (Å²) in [6.07, 6.45) is -4.50. The van der Waals surface area contributed by atoms with Gasteiger partial charge in [0, 0.05) is 11.5 Å². The Kier molecular flexibility index (Phi) is 6.42. The van der Waals surface area contributed by atoms with Gasteiger partial charge in [-0.1, -0.05) is 24.3 Å². The summed E-state index contributed by atoms with van der Waals surface area (Å²) in [7, 11) is 1.46. The van der Waals surface area contributed by atoms with E-state index >= 15 is 0 Å². The van der Waals surface area contributed by atoms with Gasteiger partial charge in [0.2, 0.25) is 11.8 Å². The first kappa shape index (κ1) is 20.0. The summed E-state index contributed by atoms with van der Waals surface area (Å²) >= 11 is 3.31. The van der Waals surface area contributed by atoms with E-state index in [0.29, 0.717) is 15.7 Å². The summed E-state index contributed by atoms with van der Waals surface area (Å²) in [5.74, 6) is -0.743. The lowest BCUT2D eigenvalue weighted by atomic mass is 10.1. The van der Waals surface area contributed by atoms with Crippen LogP contribution in [0.1, 0.15) is 11.1 Å². The second-order valence-electron chi connectivity index (χ2n) is 5.65. The van der Waals surface area contributed by atoms with E-state index in [2.05, 4.69) is 21.2 Å². The summed E-state index contributed by atoms with van der Waals surface area (Å²) in [5.41, 5.74) is 0.261. The number of likely N-dealkylation sites (N-methyl/N-ethyl adjacent to an activating group) is 1. The number of hydrogen-bond acceptors (Lipinski definition) is 2. The molecule has 0 saturated carbocycles. The third kappa shape index (κ3) is 5.59. The minimum absolute atomic E-state index is 0.0864. The Bertz CT molecular complexity index is 792. The molecule has 0 radical (unpaired) electrons. The Hall–Kier alpha value is -2.35. The highest BCUT2D eigenvalue weighted by atomic mass is 79.9. The molecule has 2 amide bonds. The van der Waals surface area contributed by atoms with Gasteiger partial charge in [0.15, 0.2) is 0 Å². The second-order valence-corrected chi connectivity index (χ2v) is 6.50. The normalized spacial score (nSPS) is 11.1. The van der Waals surface area contributed by atoms with Gasteiger partial charge in [0.1, 0.15) is 0 Å². The highest BCUT2D eigenvalue weighted by Gasteiger charge is 2.30. The van der Waals surface area contributed by atoms with Gasteiger partial charge >= 0.3 is 6.18 Å². The van der Waals surface area contributed by atoms with Crippen LogP contribution in [0.3, 0.4) is 0 Å². The average Bonchev–Trinajstić information content (AvgIpc) is 2.56. The topological polar surface area (TPSA) is 49.4 Å². The number of carbonyl (C=O) groups excluding carboxylic acids is 2. The Labute approximate surface area is 157 Å². The molecule has 8 heteroatoms. The molecular formula is C18H16BrF3N2O2. The lowest BCUT2D eigenvalue weighted by Gasteiger charge is -2.17. The van der Waals surface area contributed by atoms with Crippen molar-refractivity contribution in [1.29, 1.82) is 0 Å². The Morgan fingerprint density at radius 2 is 1.69 bits per heavy atom. The van der Waals surface area contributed by atoms with Crippen molar-refractivity contribution >= 4 is 33.4 Å². The van der Waals surface area contributed by atoms with Crippen molar-refractivity contribution in [2.75, 3.05) is 18.9 Å². The smallest absolute Gasteiger partial charge is 0.336 e.